The van der Waals surface area contributed by atoms with Gasteiger partial charge in [0, 0.05) is 7.05 Å². The number of nitrogens with one attached hydrogen (secondary N) is 1. The molecule has 0 aromatic carbocycles. The molecule has 0 radical (unpaired) electrons. The van der Waals surface area contributed by atoms with Gasteiger partial charge in [-0.2, -0.15) is 0 Å². The number of amides is 1. The number of carboxylic acids is 1. The average Bonchev–Trinajstić information content (AvgIpc) is 2.87. The molecule has 0 unspecified atom stereocenters. The van der Waals surface area contributed by atoms with Crippen molar-refractivity contribution in [3.05, 3.63) is 23.3 Å². The number of carboxylic acid groups (broad SMARTS) is 1. The van der Waals surface area contributed by atoms with E-state index < -0.39 is 5.97 Å². The van der Waals surface area contributed by atoms with E-state index in [1.807, 2.05) is 0 Å². The topological polar surface area (TPSA) is 95.4 Å². The van der Waals surface area contributed by atoms with Gasteiger partial charge in [-0.3, -0.25) is 4.79 Å². The molecule has 0 aliphatic carbocycles. The molecule has 0 atom stereocenters. The van der Waals surface area contributed by atoms with Gasteiger partial charge in [-0.25, -0.2) is 14.8 Å². The Labute approximate surface area is 117 Å². The maximum atomic E-state index is 11.5. The molecule has 0 saturated carbocycles. The number of carbonyl (C=O) groups excluding carboxylic acids is 1. The zero-order chi connectivity index (χ0) is 14.3. The number of anilines is 2. The van der Waals surface area contributed by atoms with Crippen molar-refractivity contribution in [3.8, 4) is 10.6 Å². The molecule has 1 amide bonds. The first-order valence-electron chi connectivity index (χ1n) is 5.75. The van der Waals surface area contributed by atoms with Gasteiger partial charge in [0.1, 0.15) is 22.6 Å². The van der Waals surface area contributed by atoms with E-state index in [4.69, 9.17) is 5.11 Å². The number of aromatic nitrogens is 2. The Morgan fingerprint density at radius 2 is 2.25 bits per heavy atom. The first-order chi connectivity index (χ1) is 9.56. The van der Waals surface area contributed by atoms with Crippen LogP contribution in [0.4, 0.5) is 11.5 Å². The Morgan fingerprint density at radius 3 is 2.95 bits per heavy atom. The predicted molar refractivity (Wildman–Crippen MR) is 74.2 cm³/mol. The number of nitrogens with zero attached hydrogens (tertiary/aromatic N) is 3. The molecular formula is C12H10N4O3S. The van der Waals surface area contributed by atoms with Crippen LogP contribution in [0.5, 0.6) is 0 Å². The van der Waals surface area contributed by atoms with Crippen LogP contribution in [0.1, 0.15) is 9.67 Å². The third-order valence-corrected chi connectivity index (χ3v) is 3.97. The second kappa shape index (κ2) is 4.57. The molecule has 1 aliphatic heterocycles. The van der Waals surface area contributed by atoms with Crippen LogP contribution in [0.15, 0.2) is 18.5 Å². The van der Waals surface area contributed by atoms with Gasteiger partial charge in [0.25, 0.3) is 0 Å². The summed E-state index contributed by atoms with van der Waals surface area (Å²) in [6, 6.07) is 3.25. The number of aromatic carboxylic acids is 1. The Bertz CT molecular complexity index is 712. The van der Waals surface area contributed by atoms with Crippen LogP contribution in [0, 0.1) is 0 Å². The fourth-order valence-electron chi connectivity index (χ4n) is 2.06. The van der Waals surface area contributed by atoms with Gasteiger partial charge in [-0.15, -0.1) is 11.3 Å². The predicted octanol–water partition coefficient (Wildman–Crippen LogP) is 1.29. The van der Waals surface area contributed by atoms with Crippen molar-refractivity contribution in [2.45, 2.75) is 0 Å². The monoisotopic (exact) mass is 290 g/mol. The Morgan fingerprint density at radius 1 is 1.45 bits per heavy atom. The average molecular weight is 290 g/mol. The van der Waals surface area contributed by atoms with E-state index in [9.17, 15) is 9.59 Å². The van der Waals surface area contributed by atoms with Crippen LogP contribution in [-0.4, -0.2) is 40.5 Å². The van der Waals surface area contributed by atoms with E-state index in [2.05, 4.69) is 15.3 Å². The SMILES string of the molecule is CN1CC(=O)Nc2ncnc(-c3ccc(C(=O)O)s3)c21. The van der Waals surface area contributed by atoms with E-state index in [-0.39, 0.29) is 17.3 Å². The minimum atomic E-state index is -0.967. The van der Waals surface area contributed by atoms with E-state index >= 15 is 0 Å². The molecule has 3 heterocycles. The lowest BCUT2D eigenvalue weighted by molar-refractivity contribution is -0.115. The van der Waals surface area contributed by atoms with Crippen molar-refractivity contribution in [2.24, 2.45) is 0 Å². The summed E-state index contributed by atoms with van der Waals surface area (Å²) >= 11 is 1.14. The summed E-state index contributed by atoms with van der Waals surface area (Å²) in [4.78, 5) is 33.4. The molecule has 2 aromatic heterocycles. The normalized spacial score (nSPS) is 13.8. The smallest absolute Gasteiger partial charge is 0.345 e. The molecule has 0 spiro atoms. The molecule has 2 N–H and O–H groups in total. The summed E-state index contributed by atoms with van der Waals surface area (Å²) in [5.74, 6) is -0.660. The van der Waals surface area contributed by atoms with Crippen LogP contribution < -0.4 is 10.2 Å². The zero-order valence-electron chi connectivity index (χ0n) is 10.5. The number of hydrogen-bond acceptors (Lipinski definition) is 6. The largest absolute Gasteiger partial charge is 0.477 e. The minimum absolute atomic E-state index is 0.137. The fraction of sp³-hybridized carbons (Fsp3) is 0.167. The van der Waals surface area contributed by atoms with Crippen molar-refractivity contribution in [2.75, 3.05) is 23.8 Å². The minimum Gasteiger partial charge on any atom is -0.477 e. The number of thiophene rings is 1. The molecule has 0 bridgehead atoms. The number of likely N-dealkylation sites (N-methyl/N-ethyl adjacent to an activating group) is 1. The van der Waals surface area contributed by atoms with E-state index in [0.29, 0.717) is 17.2 Å². The maximum Gasteiger partial charge on any atom is 0.345 e. The van der Waals surface area contributed by atoms with E-state index in [0.717, 1.165) is 16.2 Å². The van der Waals surface area contributed by atoms with Crippen LogP contribution in [0.3, 0.4) is 0 Å². The second-order valence-electron chi connectivity index (χ2n) is 4.29. The van der Waals surface area contributed by atoms with Gasteiger partial charge in [0.05, 0.1) is 11.4 Å². The number of fused-ring (bicyclic) bond motifs is 1. The zero-order valence-corrected chi connectivity index (χ0v) is 11.3. The lowest BCUT2D eigenvalue weighted by Gasteiger charge is -2.27. The summed E-state index contributed by atoms with van der Waals surface area (Å²) in [7, 11) is 1.77. The molecule has 3 rings (SSSR count). The van der Waals surface area contributed by atoms with Gasteiger partial charge >= 0.3 is 5.97 Å². The number of rotatable bonds is 2. The standard InChI is InChI=1S/C12H10N4O3S/c1-16-4-8(17)15-11-10(16)9(13-5-14-11)6-2-3-7(20-6)12(18)19/h2-3,5H,4H2,1H3,(H,18,19)(H,13,14,15,17). The first kappa shape index (κ1) is 12.5. The molecule has 20 heavy (non-hydrogen) atoms. The van der Waals surface area contributed by atoms with Crippen molar-refractivity contribution in [1.82, 2.24) is 9.97 Å². The Hall–Kier alpha value is -2.48. The van der Waals surface area contributed by atoms with Crippen LogP contribution in [0.2, 0.25) is 0 Å². The van der Waals surface area contributed by atoms with Crippen LogP contribution >= 0.6 is 11.3 Å². The summed E-state index contributed by atoms with van der Waals surface area (Å²) in [5, 5.41) is 11.7. The van der Waals surface area contributed by atoms with E-state index in [1.165, 1.54) is 12.4 Å². The highest BCUT2D eigenvalue weighted by Gasteiger charge is 2.25. The van der Waals surface area contributed by atoms with Gasteiger partial charge in [-0.05, 0) is 12.1 Å². The summed E-state index contributed by atoms with van der Waals surface area (Å²) in [5.41, 5.74) is 1.32. The quantitative estimate of drug-likeness (QED) is 0.865. The molecule has 8 heteroatoms. The van der Waals surface area contributed by atoms with Gasteiger partial charge in [0.2, 0.25) is 5.91 Å². The summed E-state index contributed by atoms with van der Waals surface area (Å²) < 4.78 is 0. The molecule has 102 valence electrons. The van der Waals surface area contributed by atoms with Crippen molar-refractivity contribution in [1.29, 1.82) is 0 Å². The third-order valence-electron chi connectivity index (χ3n) is 2.89. The highest BCUT2D eigenvalue weighted by atomic mass is 32.1. The lowest BCUT2D eigenvalue weighted by Crippen LogP contribution is -2.36. The summed E-state index contributed by atoms with van der Waals surface area (Å²) in [6.45, 7) is 0.213. The van der Waals surface area contributed by atoms with Crippen molar-refractivity contribution in [3.63, 3.8) is 0 Å². The highest BCUT2D eigenvalue weighted by Crippen LogP contribution is 2.38. The van der Waals surface area contributed by atoms with Gasteiger partial charge in [-0.1, -0.05) is 0 Å². The molecule has 7 nitrogen and oxygen atoms in total. The third kappa shape index (κ3) is 1.99. The highest BCUT2D eigenvalue weighted by molar-refractivity contribution is 7.17. The molecule has 0 saturated heterocycles. The van der Waals surface area contributed by atoms with Crippen LogP contribution in [-0.2, 0) is 4.79 Å². The lowest BCUT2D eigenvalue weighted by atomic mass is 10.2. The Kier molecular flexibility index (Phi) is 2.87. The molecule has 2 aromatic rings. The van der Waals surface area contributed by atoms with Crippen LogP contribution in [0.25, 0.3) is 10.6 Å². The molecule has 0 fully saturated rings. The number of hydrogen-bond donors (Lipinski definition) is 2. The van der Waals surface area contributed by atoms with Crippen molar-refractivity contribution >= 4 is 34.7 Å². The fourth-order valence-corrected chi connectivity index (χ4v) is 2.90. The second-order valence-corrected chi connectivity index (χ2v) is 5.38. The first-order valence-corrected chi connectivity index (χ1v) is 6.57. The molecule has 1 aliphatic rings. The summed E-state index contributed by atoms with van der Waals surface area (Å²) in [6.07, 6.45) is 1.35. The number of carbonyl (C=O) groups is 2. The van der Waals surface area contributed by atoms with Gasteiger partial charge in [0.15, 0.2) is 5.82 Å². The Balaban J connectivity index is 2.12. The van der Waals surface area contributed by atoms with Crippen molar-refractivity contribution < 1.29 is 14.7 Å². The molecular weight excluding hydrogens is 280 g/mol. The maximum absolute atomic E-state index is 11.5. The van der Waals surface area contributed by atoms with Gasteiger partial charge < -0.3 is 15.3 Å². The van der Waals surface area contributed by atoms with E-state index in [1.54, 1.807) is 18.0 Å².